The van der Waals surface area contributed by atoms with E-state index in [1.807, 2.05) is 30.5 Å². The van der Waals surface area contributed by atoms with Crippen molar-refractivity contribution >= 4 is 27.4 Å². The predicted octanol–water partition coefficient (Wildman–Crippen LogP) is 3.36. The van der Waals surface area contributed by atoms with Crippen molar-refractivity contribution in [3.8, 4) is 17.0 Å². The molecule has 2 N–H and O–H groups in total. The van der Waals surface area contributed by atoms with E-state index in [-0.39, 0.29) is 11.8 Å². The number of aromatic nitrogens is 3. The summed E-state index contributed by atoms with van der Waals surface area (Å²) in [6, 6.07) is 5.99. The van der Waals surface area contributed by atoms with Crippen LogP contribution in [0, 0.1) is 6.92 Å². The Balaban J connectivity index is 1.64. The Labute approximate surface area is 143 Å². The third-order valence-corrected chi connectivity index (χ3v) is 5.10. The van der Waals surface area contributed by atoms with Crippen molar-refractivity contribution in [2.45, 2.75) is 25.8 Å². The Kier molecular flexibility index (Phi) is 4.03. The highest BCUT2D eigenvalue weighted by Gasteiger charge is 2.17. The molecule has 0 aliphatic carbocycles. The van der Waals surface area contributed by atoms with Gasteiger partial charge in [-0.15, -0.1) is 21.5 Å². The van der Waals surface area contributed by atoms with Crippen LogP contribution in [0.1, 0.15) is 18.5 Å². The van der Waals surface area contributed by atoms with Gasteiger partial charge in [-0.25, -0.2) is 4.98 Å². The smallest absolute Gasteiger partial charge is 0.243 e. The predicted molar refractivity (Wildman–Crippen MR) is 94.5 cm³/mol. The minimum absolute atomic E-state index is 0.223. The van der Waals surface area contributed by atoms with E-state index in [4.69, 9.17) is 4.74 Å². The van der Waals surface area contributed by atoms with Gasteiger partial charge in [-0.1, -0.05) is 0 Å². The maximum atomic E-state index is 10.5. The molecular weight excluding hydrogens is 324 g/mol. The molecule has 0 amide bonds. The van der Waals surface area contributed by atoms with Gasteiger partial charge in [-0.05, 0) is 43.3 Å². The molecule has 1 saturated heterocycles. The largest absolute Gasteiger partial charge is 0.507 e. The number of phenolic OH excluding ortho intramolecular Hbond substituents is 1. The van der Waals surface area contributed by atoms with Gasteiger partial charge in [0.15, 0.2) is 0 Å². The molecular formula is C17H18N4O2S. The molecule has 24 heavy (non-hydrogen) atoms. The van der Waals surface area contributed by atoms with Gasteiger partial charge in [0.05, 0.1) is 18.3 Å². The molecule has 4 rings (SSSR count). The summed E-state index contributed by atoms with van der Waals surface area (Å²) in [7, 11) is 0. The van der Waals surface area contributed by atoms with Crippen molar-refractivity contribution in [3.63, 3.8) is 0 Å². The van der Waals surface area contributed by atoms with Crippen LogP contribution in [0.5, 0.6) is 5.75 Å². The summed E-state index contributed by atoms with van der Waals surface area (Å²) in [4.78, 5) is 4.50. The van der Waals surface area contributed by atoms with Crippen LogP contribution >= 0.6 is 11.3 Å². The van der Waals surface area contributed by atoms with Gasteiger partial charge < -0.3 is 15.2 Å². The molecule has 1 fully saturated rings. The van der Waals surface area contributed by atoms with Crippen LogP contribution in [0.2, 0.25) is 0 Å². The first kappa shape index (κ1) is 15.3. The molecule has 3 aromatic rings. The quantitative estimate of drug-likeness (QED) is 0.760. The Morgan fingerprint density at radius 1 is 1.29 bits per heavy atom. The van der Waals surface area contributed by atoms with Crippen LogP contribution in [0.25, 0.3) is 21.3 Å². The Morgan fingerprint density at radius 2 is 2.21 bits per heavy atom. The van der Waals surface area contributed by atoms with Gasteiger partial charge in [0, 0.05) is 22.3 Å². The topological polar surface area (TPSA) is 80.2 Å². The fourth-order valence-corrected chi connectivity index (χ4v) is 3.76. The van der Waals surface area contributed by atoms with E-state index in [2.05, 4.69) is 20.5 Å². The van der Waals surface area contributed by atoms with Crippen molar-refractivity contribution < 1.29 is 9.84 Å². The fraction of sp³-hybridized carbons (Fsp3) is 0.353. The molecule has 0 unspecified atom stereocenters. The summed E-state index contributed by atoms with van der Waals surface area (Å²) in [5, 5.41) is 25.1. The third-order valence-electron chi connectivity index (χ3n) is 4.22. The Morgan fingerprint density at radius 3 is 3.00 bits per heavy atom. The zero-order valence-corrected chi connectivity index (χ0v) is 14.1. The molecule has 1 atom stereocenters. The van der Waals surface area contributed by atoms with E-state index in [1.54, 1.807) is 11.3 Å². The second kappa shape index (κ2) is 6.33. The molecule has 6 nitrogen and oxygen atoms in total. The molecule has 1 aliphatic heterocycles. The summed E-state index contributed by atoms with van der Waals surface area (Å²) in [6.07, 6.45) is 2.08. The lowest BCUT2D eigenvalue weighted by Gasteiger charge is -2.23. The van der Waals surface area contributed by atoms with Gasteiger partial charge in [0.25, 0.3) is 0 Å². The number of nitrogens with zero attached hydrogens (tertiary/aromatic N) is 3. The number of anilines is 1. The van der Waals surface area contributed by atoms with Gasteiger partial charge in [-0.2, -0.15) is 0 Å². The zero-order chi connectivity index (χ0) is 16.5. The number of fused-ring (bicyclic) bond motifs is 1. The Bertz CT molecular complexity index is 874. The first-order chi connectivity index (χ1) is 11.7. The minimum Gasteiger partial charge on any atom is -0.507 e. The lowest BCUT2D eigenvalue weighted by atomic mass is 10.1. The second-order valence-electron chi connectivity index (χ2n) is 5.92. The van der Waals surface area contributed by atoms with E-state index >= 15 is 0 Å². The first-order valence-corrected chi connectivity index (χ1v) is 8.85. The van der Waals surface area contributed by atoms with Gasteiger partial charge in [0.1, 0.15) is 11.4 Å². The van der Waals surface area contributed by atoms with Crippen molar-refractivity contribution in [1.29, 1.82) is 0 Å². The highest BCUT2D eigenvalue weighted by molar-refractivity contribution is 7.17. The van der Waals surface area contributed by atoms with E-state index < -0.39 is 0 Å². The fourth-order valence-electron chi connectivity index (χ4n) is 2.97. The van der Waals surface area contributed by atoms with Crippen molar-refractivity contribution in [3.05, 3.63) is 29.3 Å². The van der Waals surface area contributed by atoms with Crippen molar-refractivity contribution in [2.24, 2.45) is 0 Å². The number of hydrogen-bond donors (Lipinski definition) is 2. The average Bonchev–Trinajstić information content (AvgIpc) is 3.07. The Hall–Kier alpha value is -2.25. The second-order valence-corrected chi connectivity index (χ2v) is 6.87. The average molecular weight is 342 g/mol. The van der Waals surface area contributed by atoms with Crippen LogP contribution in [0.15, 0.2) is 23.6 Å². The summed E-state index contributed by atoms with van der Waals surface area (Å²) >= 11 is 1.60. The maximum absolute atomic E-state index is 10.5. The van der Waals surface area contributed by atoms with Gasteiger partial charge >= 0.3 is 0 Å². The minimum atomic E-state index is 0.223. The van der Waals surface area contributed by atoms with Gasteiger partial charge in [-0.3, -0.25) is 0 Å². The van der Waals surface area contributed by atoms with E-state index in [0.717, 1.165) is 35.2 Å². The highest BCUT2D eigenvalue weighted by atomic mass is 32.1. The molecule has 0 bridgehead atoms. The van der Waals surface area contributed by atoms with E-state index in [0.29, 0.717) is 23.8 Å². The van der Waals surface area contributed by atoms with Gasteiger partial charge in [0.2, 0.25) is 5.95 Å². The maximum Gasteiger partial charge on any atom is 0.243 e. The summed E-state index contributed by atoms with van der Waals surface area (Å²) in [5.74, 6) is 0.734. The summed E-state index contributed by atoms with van der Waals surface area (Å²) in [5.41, 5.74) is 1.99. The number of aromatic hydroxyl groups is 1. The van der Waals surface area contributed by atoms with Crippen LogP contribution in [-0.4, -0.2) is 39.5 Å². The molecule has 1 aromatic carbocycles. The standard InChI is InChI=1S/C17H18N4O2S/c1-10-15(13-4-5-14-12(16(13)22)6-8-24-14)20-21-17(18-10)19-11-3-2-7-23-9-11/h4-6,8,11,22H,2-3,7,9H2,1H3,(H,18,19,21)/t11-/m1/s1. The highest BCUT2D eigenvalue weighted by Crippen LogP contribution is 2.37. The number of aryl methyl sites for hydroxylation is 1. The number of ether oxygens (including phenoxy) is 1. The molecule has 7 heteroatoms. The first-order valence-electron chi connectivity index (χ1n) is 7.97. The number of rotatable bonds is 3. The molecule has 124 valence electrons. The number of thiophene rings is 1. The summed E-state index contributed by atoms with van der Waals surface area (Å²) < 4.78 is 6.50. The molecule has 3 heterocycles. The number of benzene rings is 1. The lowest BCUT2D eigenvalue weighted by Crippen LogP contribution is -2.31. The number of hydrogen-bond acceptors (Lipinski definition) is 7. The third kappa shape index (κ3) is 2.81. The van der Waals surface area contributed by atoms with Crippen molar-refractivity contribution in [2.75, 3.05) is 18.5 Å². The van der Waals surface area contributed by atoms with Crippen LogP contribution in [0.4, 0.5) is 5.95 Å². The molecule has 0 saturated carbocycles. The van der Waals surface area contributed by atoms with E-state index in [1.165, 1.54) is 0 Å². The van der Waals surface area contributed by atoms with Crippen LogP contribution in [-0.2, 0) is 4.74 Å². The number of nitrogens with one attached hydrogen (secondary N) is 1. The zero-order valence-electron chi connectivity index (χ0n) is 13.3. The molecule has 1 aliphatic rings. The lowest BCUT2D eigenvalue weighted by molar-refractivity contribution is 0.0873. The van der Waals surface area contributed by atoms with Crippen LogP contribution in [0.3, 0.4) is 0 Å². The summed E-state index contributed by atoms with van der Waals surface area (Å²) in [6.45, 7) is 3.36. The van der Waals surface area contributed by atoms with Crippen LogP contribution < -0.4 is 5.32 Å². The molecule has 0 spiro atoms. The SMILES string of the molecule is Cc1nc(N[C@@H]2CCCOC2)nnc1-c1ccc2sccc2c1O. The molecule has 2 aromatic heterocycles. The monoisotopic (exact) mass is 342 g/mol. The molecule has 0 radical (unpaired) electrons. The number of phenols is 1. The van der Waals surface area contributed by atoms with Crippen molar-refractivity contribution in [1.82, 2.24) is 15.2 Å². The normalized spacial score (nSPS) is 18.0. The van der Waals surface area contributed by atoms with E-state index in [9.17, 15) is 5.11 Å².